The summed E-state index contributed by atoms with van der Waals surface area (Å²) in [5, 5.41) is 14.7. The smallest absolute Gasteiger partial charge is 0.227 e. The van der Waals surface area contributed by atoms with Crippen molar-refractivity contribution >= 4 is 21.7 Å². The Hall–Kier alpha value is -1.97. The van der Waals surface area contributed by atoms with Crippen molar-refractivity contribution in [3.8, 4) is 0 Å². The number of hydrogen-bond acceptors (Lipinski definition) is 6. The van der Waals surface area contributed by atoms with Gasteiger partial charge in [0.05, 0.1) is 23.6 Å². The maximum absolute atomic E-state index is 12.7. The summed E-state index contributed by atoms with van der Waals surface area (Å²) in [4.78, 5) is 24.1. The van der Waals surface area contributed by atoms with E-state index in [1.54, 1.807) is 17.1 Å². The minimum absolute atomic E-state index is 0.148. The van der Waals surface area contributed by atoms with E-state index in [4.69, 9.17) is 0 Å². The maximum atomic E-state index is 12.7. The second-order valence-electron chi connectivity index (χ2n) is 6.19. The van der Waals surface area contributed by atoms with Gasteiger partial charge in [0.25, 0.3) is 0 Å². The lowest BCUT2D eigenvalue weighted by Gasteiger charge is -2.38. The molecule has 1 aromatic rings. The highest BCUT2D eigenvalue weighted by atomic mass is 32.2. The fourth-order valence-corrected chi connectivity index (χ4v) is 5.74. The van der Waals surface area contributed by atoms with Gasteiger partial charge in [-0.25, -0.2) is 8.42 Å². The number of rotatable bonds is 5. The molecule has 0 radical (unpaired) electrons. The minimum Gasteiger partial charge on any atom is -0.548 e. The molecule has 10 heteroatoms. The molecule has 0 aliphatic carbocycles. The van der Waals surface area contributed by atoms with Crippen molar-refractivity contribution in [1.82, 2.24) is 14.8 Å². The molecule has 2 fully saturated rings. The van der Waals surface area contributed by atoms with Crippen LogP contribution in [0.3, 0.4) is 0 Å². The molecule has 0 N–H and O–H groups in total. The molecule has 0 saturated carbocycles. The van der Waals surface area contributed by atoms with Crippen LogP contribution in [0.25, 0.3) is 0 Å². The molecule has 3 heterocycles. The highest BCUT2D eigenvalue weighted by Gasteiger charge is 2.68. The largest absolute Gasteiger partial charge is 0.548 e. The van der Waals surface area contributed by atoms with Gasteiger partial charge < -0.3 is 14.8 Å². The first-order chi connectivity index (χ1) is 10.7. The molecule has 2 saturated heterocycles. The zero-order valence-electron chi connectivity index (χ0n) is 12.9. The first-order valence-corrected chi connectivity index (χ1v) is 8.95. The molecule has 23 heavy (non-hydrogen) atoms. The highest BCUT2D eigenvalue weighted by molar-refractivity contribution is 7.93. The maximum Gasteiger partial charge on any atom is 0.227 e. The Morgan fingerprint density at radius 1 is 1.57 bits per heavy atom. The van der Waals surface area contributed by atoms with Crippen LogP contribution >= 0.6 is 0 Å². The third-order valence-electron chi connectivity index (χ3n) is 4.60. The van der Waals surface area contributed by atoms with Gasteiger partial charge in [0.1, 0.15) is 23.2 Å². The summed E-state index contributed by atoms with van der Waals surface area (Å²) in [6.45, 7) is 3.86. The Morgan fingerprint density at radius 3 is 2.83 bits per heavy atom. The van der Waals surface area contributed by atoms with E-state index in [9.17, 15) is 23.1 Å². The summed E-state index contributed by atoms with van der Waals surface area (Å²) in [5.41, 5.74) is 0. The lowest BCUT2D eigenvalue weighted by Crippen LogP contribution is -2.63. The number of amides is 1. The molecule has 1 unspecified atom stereocenters. The minimum atomic E-state index is -3.84. The zero-order chi connectivity index (χ0) is 17.0. The highest BCUT2D eigenvalue weighted by Crippen LogP contribution is 2.45. The van der Waals surface area contributed by atoms with E-state index in [2.05, 4.69) is 5.21 Å². The molecule has 3 rings (SSSR count). The van der Waals surface area contributed by atoms with E-state index in [1.807, 2.05) is 6.92 Å². The Kier molecular flexibility index (Phi) is 3.47. The Bertz CT molecular complexity index is 773. The molecule has 0 bridgehead atoms. The van der Waals surface area contributed by atoms with E-state index in [0.29, 0.717) is 6.54 Å². The number of fused-ring (bicyclic) bond motifs is 1. The van der Waals surface area contributed by atoms with Crippen LogP contribution in [0.2, 0.25) is 0 Å². The molecular weight excluding hydrogens is 324 g/mol. The zero-order valence-corrected chi connectivity index (χ0v) is 13.7. The van der Waals surface area contributed by atoms with Crippen LogP contribution in [0, 0.1) is 0 Å². The molecule has 3 atom stereocenters. The monoisotopic (exact) mass is 342 g/mol. The van der Waals surface area contributed by atoms with Crippen LogP contribution in [-0.4, -0.2) is 51.3 Å². The van der Waals surface area contributed by atoms with Crippen LogP contribution in [-0.2, 0) is 32.5 Å². The molecule has 126 valence electrons. The van der Waals surface area contributed by atoms with E-state index in [1.165, 1.54) is 11.6 Å². The van der Waals surface area contributed by atoms with Gasteiger partial charge in [0, 0.05) is 0 Å². The van der Waals surface area contributed by atoms with E-state index in [-0.39, 0.29) is 13.0 Å². The van der Waals surface area contributed by atoms with Gasteiger partial charge in [0.2, 0.25) is 5.91 Å². The fourth-order valence-electron chi connectivity index (χ4n) is 3.39. The number of carboxylic acids is 1. The van der Waals surface area contributed by atoms with Crippen LogP contribution in [0.1, 0.15) is 26.7 Å². The average Bonchev–Trinajstić information content (AvgIpc) is 2.92. The summed E-state index contributed by atoms with van der Waals surface area (Å²) in [6, 6.07) is -1.50. The van der Waals surface area contributed by atoms with Crippen molar-refractivity contribution in [3.63, 3.8) is 0 Å². The van der Waals surface area contributed by atoms with Crippen molar-refractivity contribution in [1.29, 1.82) is 0 Å². The number of hydrogen-bond donors (Lipinski definition) is 0. The SMILES string of the molecule is CCCn1cc[n+](C[C@@]2(C)[C@H](C(=O)[O-])N3C(=O)CC3S2(=O)=O)n1. The van der Waals surface area contributed by atoms with Gasteiger partial charge in [-0.05, 0) is 13.3 Å². The van der Waals surface area contributed by atoms with Crippen LogP contribution in [0.5, 0.6) is 0 Å². The molecular formula is C13H18N4O5S. The average molecular weight is 342 g/mol. The number of carbonyl (C=O) groups excluding carboxylic acids is 2. The van der Waals surface area contributed by atoms with Gasteiger partial charge in [-0.2, -0.15) is 0 Å². The summed E-state index contributed by atoms with van der Waals surface area (Å²) in [7, 11) is -3.84. The first kappa shape index (κ1) is 15.9. The second kappa shape index (κ2) is 5.02. The third kappa shape index (κ3) is 2.07. The number of carbonyl (C=O) groups is 2. The predicted molar refractivity (Wildman–Crippen MR) is 74.1 cm³/mol. The van der Waals surface area contributed by atoms with E-state index in [0.717, 1.165) is 11.3 Å². The molecule has 1 amide bonds. The fraction of sp³-hybridized carbons (Fsp3) is 0.692. The molecule has 1 aromatic heterocycles. The lowest BCUT2D eigenvalue weighted by atomic mass is 9.96. The Morgan fingerprint density at radius 2 is 2.26 bits per heavy atom. The summed E-state index contributed by atoms with van der Waals surface area (Å²) >= 11 is 0. The predicted octanol–water partition coefficient (Wildman–Crippen LogP) is -2.56. The number of aliphatic carboxylic acids is 1. The van der Waals surface area contributed by atoms with Gasteiger partial charge in [-0.1, -0.05) is 6.92 Å². The number of sulfone groups is 1. The molecule has 0 aromatic carbocycles. The summed E-state index contributed by atoms with van der Waals surface area (Å²) < 4.78 is 26.9. The van der Waals surface area contributed by atoms with E-state index >= 15 is 0 Å². The van der Waals surface area contributed by atoms with Crippen molar-refractivity contribution in [2.75, 3.05) is 0 Å². The first-order valence-electron chi connectivity index (χ1n) is 7.41. The van der Waals surface area contributed by atoms with Gasteiger partial charge in [0.15, 0.2) is 22.2 Å². The summed E-state index contributed by atoms with van der Waals surface area (Å²) in [5.74, 6) is -2.03. The van der Waals surface area contributed by atoms with Gasteiger partial charge in [-0.15, -0.1) is 9.36 Å². The van der Waals surface area contributed by atoms with Crippen molar-refractivity contribution in [3.05, 3.63) is 12.4 Å². The van der Waals surface area contributed by atoms with Crippen LogP contribution < -0.4 is 9.79 Å². The molecule has 9 nitrogen and oxygen atoms in total. The number of carboxylic acid groups (broad SMARTS) is 1. The normalized spacial score (nSPS) is 31.7. The van der Waals surface area contributed by atoms with Gasteiger partial charge >= 0.3 is 0 Å². The van der Waals surface area contributed by atoms with Crippen molar-refractivity contribution in [2.45, 2.75) is 55.9 Å². The Balaban J connectivity index is 1.99. The number of aryl methyl sites for hydroxylation is 1. The number of aromatic nitrogens is 3. The third-order valence-corrected chi connectivity index (χ3v) is 7.37. The van der Waals surface area contributed by atoms with Crippen molar-refractivity contribution in [2.24, 2.45) is 0 Å². The van der Waals surface area contributed by atoms with Crippen LogP contribution in [0.4, 0.5) is 0 Å². The quantitative estimate of drug-likeness (QED) is 0.429. The second-order valence-corrected chi connectivity index (χ2v) is 8.75. The Labute approximate surface area is 133 Å². The summed E-state index contributed by atoms with van der Waals surface area (Å²) in [6.07, 6.45) is 3.99. The standard InChI is InChI=1S/C13H18N4O5S/c1-3-4-15-5-6-16(14-15)8-13(2)11(12(19)20)17-9(18)7-10(17)23(13,21)22/h5-6,10-11H,3-4,7-8H2,1-2H3/t10?,11-,13-/m0/s1. The van der Waals surface area contributed by atoms with Crippen molar-refractivity contribution < 1.29 is 27.8 Å². The molecule has 0 spiro atoms. The van der Waals surface area contributed by atoms with E-state index < -0.39 is 37.9 Å². The topological polar surface area (TPSA) is 116 Å². The number of nitrogens with zero attached hydrogens (tertiary/aromatic N) is 4. The van der Waals surface area contributed by atoms with Crippen LogP contribution in [0.15, 0.2) is 12.4 Å². The van der Waals surface area contributed by atoms with Gasteiger partial charge in [-0.3, -0.25) is 4.79 Å². The molecule has 2 aliphatic rings. The number of β-lactam (4-membered cyclic amide) rings is 1. The molecule has 2 aliphatic heterocycles. The lowest BCUT2D eigenvalue weighted by molar-refractivity contribution is -0.758.